The van der Waals surface area contributed by atoms with E-state index in [2.05, 4.69) is 11.8 Å². The maximum absolute atomic E-state index is 9.84. The molecule has 0 fully saturated rings. The van der Waals surface area contributed by atoms with Gasteiger partial charge >= 0.3 is 0 Å². The first-order chi connectivity index (χ1) is 10.3. The second-order valence-electron chi connectivity index (χ2n) is 4.85. The molecule has 0 amide bonds. The molecule has 1 N–H and O–H groups in total. The summed E-state index contributed by atoms with van der Waals surface area (Å²) in [5, 5.41) is 9.84. The predicted molar refractivity (Wildman–Crippen MR) is 84.7 cm³/mol. The van der Waals surface area contributed by atoms with E-state index >= 15 is 0 Å². The van der Waals surface area contributed by atoms with E-state index in [1.54, 1.807) is 0 Å². The van der Waals surface area contributed by atoms with E-state index in [9.17, 15) is 5.11 Å². The van der Waals surface area contributed by atoms with E-state index in [4.69, 9.17) is 4.74 Å². The van der Waals surface area contributed by atoms with Gasteiger partial charge < -0.3 is 9.84 Å². The molecule has 2 aromatic carbocycles. The molecule has 0 saturated carbocycles. The van der Waals surface area contributed by atoms with Crippen LogP contribution in [0.2, 0.25) is 0 Å². The van der Waals surface area contributed by atoms with Gasteiger partial charge in [-0.3, -0.25) is 0 Å². The van der Waals surface area contributed by atoms with Crippen LogP contribution in [0.25, 0.3) is 0 Å². The zero-order chi connectivity index (χ0) is 14.8. The Bertz CT molecular complexity index is 567. The molecule has 2 aromatic rings. The fraction of sp³-hybridized carbons (Fsp3) is 0.263. The van der Waals surface area contributed by atoms with Crippen LogP contribution in [0.3, 0.4) is 0 Å². The average molecular weight is 280 g/mol. The van der Waals surface area contributed by atoms with Gasteiger partial charge in [-0.1, -0.05) is 60.4 Å². The van der Waals surface area contributed by atoms with Crippen molar-refractivity contribution in [2.75, 3.05) is 6.61 Å². The standard InChI is InChI=1S/C19H20O2/c20-19(13-7-12-17-8-3-1-4-9-17)14-15-21-16-18-10-5-2-6-11-18/h1-6,8-11,19-20H,13-16H2/t19-/m1/s1. The van der Waals surface area contributed by atoms with Crippen LogP contribution >= 0.6 is 0 Å². The van der Waals surface area contributed by atoms with E-state index in [1.165, 1.54) is 0 Å². The Hall–Kier alpha value is -2.08. The maximum atomic E-state index is 9.84. The molecule has 21 heavy (non-hydrogen) atoms. The minimum Gasteiger partial charge on any atom is -0.392 e. The SMILES string of the molecule is O[C@H](CC#Cc1ccccc1)CCOCc1ccccc1. The zero-order valence-electron chi connectivity index (χ0n) is 12.0. The van der Waals surface area contributed by atoms with Crippen LogP contribution in [0.5, 0.6) is 0 Å². The molecule has 2 rings (SSSR count). The van der Waals surface area contributed by atoms with Crippen LogP contribution in [-0.4, -0.2) is 17.8 Å². The highest BCUT2D eigenvalue weighted by molar-refractivity contribution is 5.33. The highest BCUT2D eigenvalue weighted by Gasteiger charge is 2.01. The van der Waals surface area contributed by atoms with E-state index in [-0.39, 0.29) is 0 Å². The Labute approximate surface area is 126 Å². The maximum Gasteiger partial charge on any atom is 0.0716 e. The molecule has 2 heteroatoms. The quantitative estimate of drug-likeness (QED) is 0.649. The van der Waals surface area contributed by atoms with Gasteiger partial charge in [0.1, 0.15) is 0 Å². The average Bonchev–Trinajstić information content (AvgIpc) is 2.54. The van der Waals surface area contributed by atoms with Crippen LogP contribution < -0.4 is 0 Å². The van der Waals surface area contributed by atoms with Crippen molar-refractivity contribution in [3.05, 3.63) is 71.8 Å². The van der Waals surface area contributed by atoms with Crippen LogP contribution in [0.15, 0.2) is 60.7 Å². The molecule has 0 heterocycles. The normalized spacial score (nSPS) is 11.5. The zero-order valence-corrected chi connectivity index (χ0v) is 12.0. The number of hydrogen-bond donors (Lipinski definition) is 1. The van der Waals surface area contributed by atoms with E-state index in [0.717, 1.165) is 11.1 Å². The van der Waals surface area contributed by atoms with Crippen LogP contribution in [-0.2, 0) is 11.3 Å². The summed E-state index contributed by atoms with van der Waals surface area (Å²) in [4.78, 5) is 0. The van der Waals surface area contributed by atoms with Crippen LogP contribution in [0.4, 0.5) is 0 Å². The van der Waals surface area contributed by atoms with Crippen molar-refractivity contribution in [3.8, 4) is 11.8 Å². The minimum atomic E-state index is -0.433. The molecule has 0 aliphatic heterocycles. The van der Waals surface area contributed by atoms with E-state index < -0.39 is 6.10 Å². The van der Waals surface area contributed by atoms with E-state index in [0.29, 0.717) is 26.1 Å². The van der Waals surface area contributed by atoms with Gasteiger partial charge in [-0.2, -0.15) is 0 Å². The highest BCUT2D eigenvalue weighted by atomic mass is 16.5. The van der Waals surface area contributed by atoms with Crippen LogP contribution in [0, 0.1) is 11.8 Å². The smallest absolute Gasteiger partial charge is 0.0716 e. The number of rotatable bonds is 6. The number of ether oxygens (including phenoxy) is 1. The van der Waals surface area contributed by atoms with Crippen molar-refractivity contribution in [2.45, 2.75) is 25.6 Å². The fourth-order valence-electron chi connectivity index (χ4n) is 1.88. The number of hydrogen-bond acceptors (Lipinski definition) is 2. The summed E-state index contributed by atoms with van der Waals surface area (Å²) in [5.74, 6) is 6.05. The summed E-state index contributed by atoms with van der Waals surface area (Å²) in [6, 6.07) is 19.8. The van der Waals surface area contributed by atoms with Gasteiger partial charge in [-0.15, -0.1) is 0 Å². The van der Waals surface area contributed by atoms with E-state index in [1.807, 2.05) is 60.7 Å². The first-order valence-electron chi connectivity index (χ1n) is 7.18. The van der Waals surface area contributed by atoms with Crippen molar-refractivity contribution in [1.82, 2.24) is 0 Å². The molecular weight excluding hydrogens is 260 g/mol. The molecular formula is C19H20O2. The van der Waals surface area contributed by atoms with Gasteiger partial charge in [0.15, 0.2) is 0 Å². The first kappa shape index (κ1) is 15.3. The highest BCUT2D eigenvalue weighted by Crippen LogP contribution is 2.03. The summed E-state index contributed by atoms with van der Waals surface area (Å²) in [7, 11) is 0. The number of benzene rings is 2. The van der Waals surface area contributed by atoms with Gasteiger partial charge in [0.25, 0.3) is 0 Å². The number of aliphatic hydroxyl groups excluding tert-OH is 1. The molecule has 0 bridgehead atoms. The Kier molecular flexibility index (Phi) is 6.54. The van der Waals surface area contributed by atoms with Gasteiger partial charge in [0.05, 0.1) is 12.7 Å². The molecule has 0 spiro atoms. The van der Waals surface area contributed by atoms with Crippen molar-refractivity contribution in [2.24, 2.45) is 0 Å². The van der Waals surface area contributed by atoms with Crippen molar-refractivity contribution < 1.29 is 9.84 Å². The second kappa shape index (κ2) is 8.97. The Morgan fingerprint density at radius 3 is 2.33 bits per heavy atom. The molecule has 0 saturated heterocycles. The predicted octanol–water partition coefficient (Wildman–Crippen LogP) is 3.40. The molecule has 108 valence electrons. The van der Waals surface area contributed by atoms with Gasteiger partial charge in [-0.05, 0) is 24.1 Å². The largest absolute Gasteiger partial charge is 0.392 e. The third-order valence-electron chi connectivity index (χ3n) is 3.05. The lowest BCUT2D eigenvalue weighted by Crippen LogP contribution is -2.09. The molecule has 2 nitrogen and oxygen atoms in total. The first-order valence-corrected chi connectivity index (χ1v) is 7.18. The fourth-order valence-corrected chi connectivity index (χ4v) is 1.88. The molecule has 1 atom stereocenters. The molecule has 0 aromatic heterocycles. The minimum absolute atomic E-state index is 0.433. The number of aliphatic hydroxyl groups is 1. The van der Waals surface area contributed by atoms with Gasteiger partial charge in [-0.25, -0.2) is 0 Å². The lowest BCUT2D eigenvalue weighted by Gasteiger charge is -2.07. The Balaban J connectivity index is 1.62. The monoisotopic (exact) mass is 280 g/mol. The lowest BCUT2D eigenvalue weighted by molar-refractivity contribution is 0.0754. The molecule has 0 radical (unpaired) electrons. The third kappa shape index (κ3) is 6.27. The van der Waals surface area contributed by atoms with Crippen LogP contribution in [0.1, 0.15) is 24.0 Å². The summed E-state index contributed by atoms with van der Waals surface area (Å²) in [6.45, 7) is 1.13. The van der Waals surface area contributed by atoms with Gasteiger partial charge in [0, 0.05) is 18.6 Å². The van der Waals surface area contributed by atoms with Gasteiger partial charge in [0.2, 0.25) is 0 Å². The summed E-state index contributed by atoms with van der Waals surface area (Å²) in [5.41, 5.74) is 2.13. The lowest BCUT2D eigenvalue weighted by atomic mass is 10.1. The molecule has 0 aliphatic carbocycles. The second-order valence-corrected chi connectivity index (χ2v) is 4.85. The summed E-state index contributed by atoms with van der Waals surface area (Å²) < 4.78 is 5.55. The molecule has 0 aliphatic rings. The third-order valence-corrected chi connectivity index (χ3v) is 3.05. The van der Waals surface area contributed by atoms with Crippen molar-refractivity contribution >= 4 is 0 Å². The topological polar surface area (TPSA) is 29.5 Å². The summed E-state index contributed by atoms with van der Waals surface area (Å²) >= 11 is 0. The van der Waals surface area contributed by atoms with Crippen molar-refractivity contribution in [3.63, 3.8) is 0 Å². The molecule has 0 unspecified atom stereocenters. The Morgan fingerprint density at radius 1 is 0.952 bits per heavy atom. The summed E-state index contributed by atoms with van der Waals surface area (Å²) in [6.07, 6.45) is 0.650. The Morgan fingerprint density at radius 2 is 1.62 bits per heavy atom. The van der Waals surface area contributed by atoms with Crippen molar-refractivity contribution in [1.29, 1.82) is 0 Å².